The smallest absolute Gasteiger partial charge is 0.383 e. The van der Waals surface area contributed by atoms with Crippen LogP contribution < -0.4 is 5.32 Å². The number of fused-ring (bicyclic) bond motifs is 4. The van der Waals surface area contributed by atoms with E-state index in [0.29, 0.717) is 18.1 Å². The molecule has 0 aromatic rings. The van der Waals surface area contributed by atoms with E-state index in [4.69, 9.17) is 9.29 Å². The Balaban J connectivity index is 0.00000176. The Labute approximate surface area is 149 Å². The van der Waals surface area contributed by atoms with E-state index >= 15 is 0 Å². The Hall–Kier alpha value is -0.430. The third-order valence-electron chi connectivity index (χ3n) is 4.09. The maximum atomic E-state index is 12.2. The minimum atomic E-state index is -4.79. The van der Waals surface area contributed by atoms with Gasteiger partial charge in [-0.15, -0.1) is 4.28 Å². The molecule has 119 valence electrons. The quantitative estimate of drug-likeness (QED) is 0.445. The molecule has 1 radical (unpaired) electrons. The van der Waals surface area contributed by atoms with E-state index in [9.17, 15) is 18.0 Å². The van der Waals surface area contributed by atoms with Crippen molar-refractivity contribution in [3.05, 3.63) is 0 Å². The molecule has 3 aliphatic heterocycles. The molecule has 3 heterocycles. The van der Waals surface area contributed by atoms with Crippen molar-refractivity contribution in [1.29, 1.82) is 0 Å². The van der Waals surface area contributed by atoms with Crippen molar-refractivity contribution in [3.8, 4) is 0 Å². The number of methoxy groups -OCH3 is 1. The number of hydrogen-bond donors (Lipinski definition) is 2. The Kier molecular flexibility index (Phi) is 5.07. The first-order chi connectivity index (χ1) is 9.81. The van der Waals surface area contributed by atoms with Gasteiger partial charge in [0.25, 0.3) is 0 Å². The third-order valence-corrected chi connectivity index (χ3v) is 4.44. The second-order valence-corrected chi connectivity index (χ2v) is 6.34. The molecule has 3 fully saturated rings. The predicted molar refractivity (Wildman–Crippen MR) is 71.8 cm³/mol. The molecule has 0 aliphatic carbocycles. The van der Waals surface area contributed by atoms with Gasteiger partial charge in [-0.1, -0.05) is 0 Å². The van der Waals surface area contributed by atoms with Crippen LogP contribution in [0.25, 0.3) is 0 Å². The standard InChI is InChI=1S/C10H15N3O7S.Na/c1-19-4-7-6-2-5-3-12(8(6)9(14)11-7)10(15)13(5)20-21(16,17)18;/h5-8H,2-4H2,1H3,(H,11,14)(H,16,17,18);/t5-,6+,7+,8+;/m1./s1. The van der Waals surface area contributed by atoms with Crippen LogP contribution in [0.4, 0.5) is 4.79 Å². The number of ether oxygens (including phenoxy) is 1. The summed E-state index contributed by atoms with van der Waals surface area (Å²) < 4.78 is 39.8. The molecule has 10 nitrogen and oxygen atoms in total. The Morgan fingerprint density at radius 3 is 2.68 bits per heavy atom. The molecular formula is C10H15N3NaO7S. The number of carbonyl (C=O) groups excluding carboxylic acids is 2. The average Bonchev–Trinajstić information content (AvgIpc) is 2.81. The van der Waals surface area contributed by atoms with Crippen LogP contribution in [0, 0.1) is 5.92 Å². The van der Waals surface area contributed by atoms with Crippen molar-refractivity contribution in [1.82, 2.24) is 15.3 Å². The maximum Gasteiger partial charge on any atom is 0.418 e. The molecule has 0 aromatic heterocycles. The normalized spacial score (nSPS) is 33.5. The zero-order valence-corrected chi connectivity index (χ0v) is 14.9. The van der Waals surface area contributed by atoms with Crippen molar-refractivity contribution >= 4 is 51.9 Å². The molecule has 0 aromatic carbocycles. The first kappa shape index (κ1) is 17.9. The largest absolute Gasteiger partial charge is 0.418 e. The molecule has 0 spiro atoms. The van der Waals surface area contributed by atoms with Gasteiger partial charge in [0.1, 0.15) is 6.04 Å². The van der Waals surface area contributed by atoms with E-state index in [2.05, 4.69) is 9.60 Å². The minimum absolute atomic E-state index is 0. The number of hydroxylamine groups is 2. The first-order valence-corrected chi connectivity index (χ1v) is 7.74. The SMILES string of the molecule is COC[C@@H]1NC(=O)[C@@H]2[C@H]1C[C@@H]1CN2C(=O)N1OS(=O)(=O)O.[Na]. The van der Waals surface area contributed by atoms with Gasteiger partial charge >= 0.3 is 16.4 Å². The molecule has 3 saturated heterocycles. The summed E-state index contributed by atoms with van der Waals surface area (Å²) in [5.74, 6) is -0.474. The van der Waals surface area contributed by atoms with Crippen LogP contribution in [0.2, 0.25) is 0 Å². The van der Waals surface area contributed by atoms with Crippen LogP contribution in [0.3, 0.4) is 0 Å². The number of rotatable bonds is 4. The summed E-state index contributed by atoms with van der Waals surface area (Å²) in [4.78, 5) is 25.5. The number of nitrogens with one attached hydrogen (secondary N) is 1. The van der Waals surface area contributed by atoms with Gasteiger partial charge in [0, 0.05) is 49.1 Å². The van der Waals surface area contributed by atoms with E-state index in [-0.39, 0.29) is 54.0 Å². The van der Waals surface area contributed by atoms with Gasteiger partial charge in [0.05, 0.1) is 18.7 Å². The van der Waals surface area contributed by atoms with Crippen LogP contribution in [0.1, 0.15) is 6.42 Å². The molecule has 3 rings (SSSR count). The molecule has 22 heavy (non-hydrogen) atoms. The van der Waals surface area contributed by atoms with E-state index in [1.807, 2.05) is 0 Å². The number of hydrogen-bond acceptors (Lipinski definition) is 6. The van der Waals surface area contributed by atoms with Crippen LogP contribution in [-0.4, -0.2) is 103 Å². The van der Waals surface area contributed by atoms with Crippen molar-refractivity contribution in [2.45, 2.75) is 24.5 Å². The molecule has 3 amide bonds. The number of urea groups is 1. The van der Waals surface area contributed by atoms with Crippen molar-refractivity contribution in [3.63, 3.8) is 0 Å². The van der Waals surface area contributed by atoms with Crippen LogP contribution in [-0.2, 0) is 24.2 Å². The first-order valence-electron chi connectivity index (χ1n) is 6.38. The molecular weight excluding hydrogens is 329 g/mol. The maximum absolute atomic E-state index is 12.2. The molecule has 4 atom stereocenters. The van der Waals surface area contributed by atoms with Crippen LogP contribution >= 0.6 is 0 Å². The molecule has 0 unspecified atom stereocenters. The number of piperidine rings is 1. The van der Waals surface area contributed by atoms with Gasteiger partial charge in [0.15, 0.2) is 0 Å². The second-order valence-electron chi connectivity index (χ2n) is 5.33. The van der Waals surface area contributed by atoms with Gasteiger partial charge in [0.2, 0.25) is 5.91 Å². The van der Waals surface area contributed by atoms with Crippen LogP contribution in [0.15, 0.2) is 0 Å². The number of nitrogens with zero attached hydrogens (tertiary/aromatic N) is 2. The fraction of sp³-hybridized carbons (Fsp3) is 0.800. The fourth-order valence-corrected chi connectivity index (χ4v) is 3.76. The predicted octanol–water partition coefficient (Wildman–Crippen LogP) is -2.02. The van der Waals surface area contributed by atoms with Crippen molar-refractivity contribution < 1.29 is 31.6 Å². The van der Waals surface area contributed by atoms with Gasteiger partial charge in [-0.3, -0.25) is 9.35 Å². The van der Waals surface area contributed by atoms with Crippen molar-refractivity contribution in [2.24, 2.45) is 5.92 Å². The zero-order valence-electron chi connectivity index (χ0n) is 12.1. The summed E-state index contributed by atoms with van der Waals surface area (Å²) in [6, 6.07) is -2.17. The Morgan fingerprint density at radius 1 is 1.41 bits per heavy atom. The topological polar surface area (TPSA) is 125 Å². The second kappa shape index (κ2) is 6.23. The Bertz CT molecular complexity index is 585. The fourth-order valence-electron chi connectivity index (χ4n) is 3.37. The molecule has 0 saturated carbocycles. The summed E-state index contributed by atoms with van der Waals surface area (Å²) in [5.41, 5.74) is 0. The van der Waals surface area contributed by atoms with Gasteiger partial charge in [-0.05, 0) is 6.42 Å². The third kappa shape index (κ3) is 2.98. The molecule has 3 aliphatic rings. The van der Waals surface area contributed by atoms with E-state index in [1.54, 1.807) is 0 Å². The van der Waals surface area contributed by atoms with Crippen LogP contribution in [0.5, 0.6) is 0 Å². The van der Waals surface area contributed by atoms with E-state index < -0.39 is 28.5 Å². The monoisotopic (exact) mass is 344 g/mol. The van der Waals surface area contributed by atoms with Gasteiger partial charge < -0.3 is 15.0 Å². The summed E-state index contributed by atoms with van der Waals surface area (Å²) in [6.45, 7) is 0.490. The Morgan fingerprint density at radius 2 is 2.09 bits per heavy atom. The number of amides is 3. The van der Waals surface area contributed by atoms with Gasteiger partial charge in [-0.25, -0.2) is 4.79 Å². The van der Waals surface area contributed by atoms with Gasteiger partial charge in [-0.2, -0.15) is 13.5 Å². The summed E-state index contributed by atoms with van der Waals surface area (Å²) in [6.07, 6.45) is 0.384. The minimum Gasteiger partial charge on any atom is -0.383 e. The average molecular weight is 344 g/mol. The summed E-state index contributed by atoms with van der Waals surface area (Å²) in [5, 5.41) is 3.41. The zero-order chi connectivity index (χ0) is 15.4. The van der Waals surface area contributed by atoms with Crippen molar-refractivity contribution in [2.75, 3.05) is 20.3 Å². The summed E-state index contributed by atoms with van der Waals surface area (Å²) in [7, 11) is -3.28. The molecule has 2 bridgehead atoms. The van der Waals surface area contributed by atoms with E-state index in [0.717, 1.165) is 0 Å². The molecule has 12 heteroatoms. The van der Waals surface area contributed by atoms with E-state index in [1.165, 1.54) is 12.0 Å². The summed E-state index contributed by atoms with van der Waals surface area (Å²) >= 11 is 0. The number of carbonyl (C=O) groups is 2. The molecule has 2 N–H and O–H groups in total.